The van der Waals surface area contributed by atoms with Crippen molar-refractivity contribution in [2.75, 3.05) is 13.7 Å². The van der Waals surface area contributed by atoms with Gasteiger partial charge in [0.15, 0.2) is 0 Å². The first-order chi connectivity index (χ1) is 8.15. The molecule has 94 valence electrons. The van der Waals surface area contributed by atoms with Crippen LogP contribution in [0, 0.1) is 0 Å². The van der Waals surface area contributed by atoms with Crippen LogP contribution in [-0.2, 0) is 9.53 Å². The second-order valence-corrected chi connectivity index (χ2v) is 4.91. The minimum atomic E-state index is -0.203. The fourth-order valence-corrected chi connectivity index (χ4v) is 2.19. The van der Waals surface area contributed by atoms with Gasteiger partial charge in [0.1, 0.15) is 5.03 Å². The Hall–Kier alpha value is -1.23. The molecule has 1 heterocycles. The van der Waals surface area contributed by atoms with Crippen molar-refractivity contribution >= 4 is 17.7 Å². The third-order valence-corrected chi connectivity index (χ3v) is 3.03. The van der Waals surface area contributed by atoms with Crippen molar-refractivity contribution in [1.29, 1.82) is 0 Å². The minimum Gasteiger partial charge on any atom is -0.478 e. The number of pyridine rings is 1. The van der Waals surface area contributed by atoms with Crippen LogP contribution in [-0.4, -0.2) is 29.9 Å². The number of aromatic nitrogens is 1. The van der Waals surface area contributed by atoms with E-state index in [1.807, 2.05) is 32.0 Å². The van der Waals surface area contributed by atoms with Crippen molar-refractivity contribution in [2.45, 2.75) is 30.5 Å². The van der Waals surface area contributed by atoms with Gasteiger partial charge < -0.3 is 9.47 Å². The van der Waals surface area contributed by atoms with Gasteiger partial charge in [-0.25, -0.2) is 4.98 Å². The van der Waals surface area contributed by atoms with Crippen LogP contribution in [0.3, 0.4) is 0 Å². The molecule has 0 saturated heterocycles. The lowest BCUT2D eigenvalue weighted by Gasteiger charge is -2.09. The maximum Gasteiger partial charge on any atom is 0.306 e. The van der Waals surface area contributed by atoms with Crippen molar-refractivity contribution in [2.24, 2.45) is 0 Å². The van der Waals surface area contributed by atoms with E-state index < -0.39 is 0 Å². The number of carbonyl (C=O) groups is 1. The van der Waals surface area contributed by atoms with Gasteiger partial charge in [-0.1, -0.05) is 13.0 Å². The van der Waals surface area contributed by atoms with E-state index in [1.54, 1.807) is 0 Å². The zero-order chi connectivity index (χ0) is 12.7. The van der Waals surface area contributed by atoms with E-state index in [0.717, 1.165) is 5.03 Å². The summed E-state index contributed by atoms with van der Waals surface area (Å²) in [4.78, 5) is 15.4. The Kier molecular flexibility index (Phi) is 5.83. The Morgan fingerprint density at radius 1 is 1.53 bits per heavy atom. The van der Waals surface area contributed by atoms with E-state index in [2.05, 4.69) is 9.72 Å². The molecule has 0 saturated carbocycles. The molecule has 0 bridgehead atoms. The van der Waals surface area contributed by atoms with Crippen LogP contribution in [0.25, 0.3) is 0 Å². The Bertz CT molecular complexity index is 371. The summed E-state index contributed by atoms with van der Waals surface area (Å²) in [6.07, 6.45) is 0.377. The first-order valence-corrected chi connectivity index (χ1v) is 6.37. The van der Waals surface area contributed by atoms with Crippen molar-refractivity contribution < 1.29 is 14.3 Å². The van der Waals surface area contributed by atoms with Crippen molar-refractivity contribution in [1.82, 2.24) is 4.98 Å². The number of methoxy groups -OCH3 is 1. The Morgan fingerprint density at radius 2 is 2.29 bits per heavy atom. The molecule has 1 aromatic rings. The number of hydrogen-bond acceptors (Lipinski definition) is 5. The van der Waals surface area contributed by atoms with E-state index in [1.165, 1.54) is 18.9 Å². The molecule has 0 radical (unpaired) electrons. The Balaban J connectivity index is 2.55. The summed E-state index contributed by atoms with van der Waals surface area (Å²) < 4.78 is 9.94. The largest absolute Gasteiger partial charge is 0.478 e. The number of hydrogen-bond donors (Lipinski definition) is 0. The number of nitrogens with zero attached hydrogens (tertiary/aromatic N) is 1. The number of ether oxygens (including phenoxy) is 2. The van der Waals surface area contributed by atoms with Crippen LogP contribution >= 0.6 is 11.8 Å². The Morgan fingerprint density at radius 3 is 2.94 bits per heavy atom. The molecule has 5 heteroatoms. The predicted octanol–water partition coefficient (Wildman–Crippen LogP) is 2.52. The molecule has 1 aromatic heterocycles. The van der Waals surface area contributed by atoms with Crippen molar-refractivity contribution in [3.05, 3.63) is 18.2 Å². The molecule has 17 heavy (non-hydrogen) atoms. The molecular weight excluding hydrogens is 238 g/mol. The molecule has 0 aliphatic heterocycles. The summed E-state index contributed by atoms with van der Waals surface area (Å²) in [7, 11) is 1.40. The third kappa shape index (κ3) is 5.08. The van der Waals surface area contributed by atoms with Crippen molar-refractivity contribution in [3.8, 4) is 5.88 Å². The average Bonchev–Trinajstić information content (AvgIpc) is 2.29. The van der Waals surface area contributed by atoms with Gasteiger partial charge in [0.25, 0.3) is 0 Å². The highest BCUT2D eigenvalue weighted by molar-refractivity contribution is 7.99. The molecule has 0 aliphatic carbocycles. The number of rotatable bonds is 6. The van der Waals surface area contributed by atoms with Crippen LogP contribution in [0.5, 0.6) is 5.88 Å². The normalized spacial score (nSPS) is 11.9. The maximum absolute atomic E-state index is 11.1. The minimum absolute atomic E-state index is 0.131. The topological polar surface area (TPSA) is 48.4 Å². The van der Waals surface area contributed by atoms with E-state index in [4.69, 9.17) is 4.74 Å². The summed E-state index contributed by atoms with van der Waals surface area (Å²) in [6.45, 7) is 4.48. The lowest BCUT2D eigenvalue weighted by atomic mass is 10.3. The highest BCUT2D eigenvalue weighted by Crippen LogP contribution is 2.25. The van der Waals surface area contributed by atoms with Gasteiger partial charge in [0.2, 0.25) is 5.88 Å². The second-order valence-electron chi connectivity index (χ2n) is 3.46. The van der Waals surface area contributed by atoms with Gasteiger partial charge in [0.05, 0.1) is 20.1 Å². The first-order valence-electron chi connectivity index (χ1n) is 5.49. The van der Waals surface area contributed by atoms with Gasteiger partial charge in [0, 0.05) is 11.3 Å². The maximum atomic E-state index is 11.1. The quantitative estimate of drug-likeness (QED) is 0.577. The fourth-order valence-electron chi connectivity index (χ4n) is 1.26. The lowest BCUT2D eigenvalue weighted by molar-refractivity contribution is -0.140. The molecule has 0 N–H and O–H groups in total. The molecule has 0 aliphatic rings. The summed E-state index contributed by atoms with van der Waals surface area (Å²) in [6, 6.07) is 5.62. The summed E-state index contributed by atoms with van der Waals surface area (Å²) in [5.74, 6) is 0.411. The molecule has 0 spiro atoms. The van der Waals surface area contributed by atoms with Gasteiger partial charge >= 0.3 is 5.97 Å². The molecule has 1 atom stereocenters. The molecule has 0 fully saturated rings. The molecule has 1 unspecified atom stereocenters. The van der Waals surface area contributed by atoms with E-state index in [-0.39, 0.29) is 11.2 Å². The number of thioether (sulfide) groups is 1. The van der Waals surface area contributed by atoms with E-state index in [9.17, 15) is 4.79 Å². The zero-order valence-corrected chi connectivity index (χ0v) is 11.1. The Labute approximate surface area is 106 Å². The average molecular weight is 255 g/mol. The van der Waals surface area contributed by atoms with Gasteiger partial charge in [-0.05, 0) is 13.0 Å². The molecule has 4 nitrogen and oxygen atoms in total. The number of carbonyl (C=O) groups excluding carboxylic acids is 1. The first kappa shape index (κ1) is 13.8. The molecule has 1 rings (SSSR count). The van der Waals surface area contributed by atoms with Gasteiger partial charge in [-0.3, -0.25) is 4.79 Å². The number of esters is 1. The summed E-state index contributed by atoms with van der Waals surface area (Å²) in [5, 5.41) is 0.985. The molecule has 0 amide bonds. The van der Waals surface area contributed by atoms with Crippen LogP contribution in [0.15, 0.2) is 23.2 Å². The third-order valence-electron chi connectivity index (χ3n) is 1.99. The zero-order valence-electron chi connectivity index (χ0n) is 10.3. The monoisotopic (exact) mass is 255 g/mol. The lowest BCUT2D eigenvalue weighted by Crippen LogP contribution is -2.08. The van der Waals surface area contributed by atoms with Crippen LogP contribution in [0.1, 0.15) is 20.3 Å². The standard InChI is InChI=1S/C12H17NO3S/c1-4-16-10-6-5-7-11(13-10)17-9(2)8-12(14)15-3/h5-7,9H,4,8H2,1-3H3. The van der Waals surface area contributed by atoms with Crippen LogP contribution in [0.2, 0.25) is 0 Å². The smallest absolute Gasteiger partial charge is 0.306 e. The molecule has 0 aromatic carbocycles. The van der Waals surface area contributed by atoms with Gasteiger partial charge in [-0.2, -0.15) is 0 Å². The van der Waals surface area contributed by atoms with E-state index in [0.29, 0.717) is 18.9 Å². The van der Waals surface area contributed by atoms with Crippen LogP contribution in [0.4, 0.5) is 0 Å². The second kappa shape index (κ2) is 7.17. The highest BCUT2D eigenvalue weighted by Gasteiger charge is 2.11. The van der Waals surface area contributed by atoms with E-state index >= 15 is 0 Å². The predicted molar refractivity (Wildman–Crippen MR) is 67.4 cm³/mol. The SMILES string of the molecule is CCOc1cccc(SC(C)CC(=O)OC)n1. The van der Waals surface area contributed by atoms with Crippen molar-refractivity contribution in [3.63, 3.8) is 0 Å². The van der Waals surface area contributed by atoms with Gasteiger partial charge in [-0.15, -0.1) is 11.8 Å². The summed E-state index contributed by atoms with van der Waals surface area (Å²) >= 11 is 1.54. The fraction of sp³-hybridized carbons (Fsp3) is 0.500. The van der Waals surface area contributed by atoms with Crippen LogP contribution < -0.4 is 4.74 Å². The molecular formula is C12H17NO3S. The summed E-state index contributed by atoms with van der Waals surface area (Å²) in [5.41, 5.74) is 0. The highest BCUT2D eigenvalue weighted by atomic mass is 32.2.